The second kappa shape index (κ2) is 9.97. The lowest BCUT2D eigenvalue weighted by Gasteiger charge is -2.19. The van der Waals surface area contributed by atoms with Crippen molar-refractivity contribution in [1.82, 2.24) is 5.32 Å². The summed E-state index contributed by atoms with van der Waals surface area (Å²) in [6.07, 6.45) is 0.597. The summed E-state index contributed by atoms with van der Waals surface area (Å²) in [7, 11) is 0. The van der Waals surface area contributed by atoms with Crippen LogP contribution in [0, 0.1) is 0 Å². The summed E-state index contributed by atoms with van der Waals surface area (Å²) in [6.45, 7) is 5.79. The Morgan fingerprint density at radius 3 is 2.48 bits per heavy atom. The van der Waals surface area contributed by atoms with E-state index in [2.05, 4.69) is 10.6 Å². The van der Waals surface area contributed by atoms with Crippen molar-refractivity contribution in [3.8, 4) is 5.75 Å². The number of anilines is 1. The third kappa shape index (κ3) is 6.00. The number of carbonyl (C=O) groups excluding carboxylic acids is 2. The molecular formula is C21H25ClN2O3. The van der Waals surface area contributed by atoms with Gasteiger partial charge in [-0.15, -0.1) is 0 Å². The third-order valence-electron chi connectivity index (χ3n) is 4.16. The molecule has 0 bridgehead atoms. The highest BCUT2D eigenvalue weighted by molar-refractivity contribution is 6.30. The van der Waals surface area contributed by atoms with Crippen molar-refractivity contribution in [2.75, 3.05) is 5.32 Å². The highest BCUT2D eigenvalue weighted by Gasteiger charge is 2.21. The smallest absolute Gasteiger partial charge is 0.265 e. The standard InChI is InChI=1S/C21H25ClN2O3/c1-4-14(3)23-20(25)17-11-6-7-12-18(17)24-21(26)19(5-2)27-16-10-8-9-15(22)13-16/h6-14,19H,4-5H2,1-3H3,(H,23,25)(H,24,26)/t14-,19-/m0/s1. The van der Waals surface area contributed by atoms with E-state index in [9.17, 15) is 9.59 Å². The number of rotatable bonds is 8. The Hall–Kier alpha value is -2.53. The number of benzene rings is 2. The van der Waals surface area contributed by atoms with Crippen molar-refractivity contribution in [3.63, 3.8) is 0 Å². The van der Waals surface area contributed by atoms with Gasteiger partial charge in [-0.25, -0.2) is 0 Å². The van der Waals surface area contributed by atoms with Crippen LogP contribution in [0.4, 0.5) is 5.69 Å². The van der Waals surface area contributed by atoms with Gasteiger partial charge in [0.15, 0.2) is 6.10 Å². The van der Waals surface area contributed by atoms with Gasteiger partial charge in [0.25, 0.3) is 11.8 Å². The van der Waals surface area contributed by atoms with Crippen molar-refractivity contribution >= 4 is 29.1 Å². The first-order valence-electron chi connectivity index (χ1n) is 9.07. The number of nitrogens with one attached hydrogen (secondary N) is 2. The van der Waals surface area contributed by atoms with E-state index in [1.54, 1.807) is 48.5 Å². The molecular weight excluding hydrogens is 364 g/mol. The number of hydrogen-bond donors (Lipinski definition) is 2. The molecule has 0 fully saturated rings. The quantitative estimate of drug-likeness (QED) is 0.690. The zero-order valence-electron chi connectivity index (χ0n) is 15.8. The fourth-order valence-corrected chi connectivity index (χ4v) is 2.61. The fraction of sp³-hybridized carbons (Fsp3) is 0.333. The number of amides is 2. The van der Waals surface area contributed by atoms with Gasteiger partial charge >= 0.3 is 0 Å². The predicted molar refractivity (Wildman–Crippen MR) is 108 cm³/mol. The number of carbonyl (C=O) groups is 2. The van der Waals surface area contributed by atoms with Crippen LogP contribution in [0.3, 0.4) is 0 Å². The van der Waals surface area contributed by atoms with E-state index >= 15 is 0 Å². The van der Waals surface area contributed by atoms with E-state index in [1.807, 2.05) is 20.8 Å². The number of ether oxygens (including phenoxy) is 1. The zero-order valence-corrected chi connectivity index (χ0v) is 16.5. The summed E-state index contributed by atoms with van der Waals surface area (Å²) in [5.41, 5.74) is 0.875. The summed E-state index contributed by atoms with van der Waals surface area (Å²) in [5.74, 6) is -0.0161. The van der Waals surface area contributed by atoms with Gasteiger partial charge in [-0.05, 0) is 50.1 Å². The van der Waals surface area contributed by atoms with Gasteiger partial charge in [-0.3, -0.25) is 9.59 Å². The molecule has 0 aliphatic heterocycles. The van der Waals surface area contributed by atoms with Gasteiger partial charge in [0.2, 0.25) is 0 Å². The SMILES string of the molecule is CC[C@H](Oc1cccc(Cl)c1)C(=O)Nc1ccccc1C(=O)N[C@@H](C)CC. The normalized spacial score (nSPS) is 12.7. The van der Waals surface area contributed by atoms with E-state index < -0.39 is 6.10 Å². The minimum Gasteiger partial charge on any atom is -0.481 e. The molecule has 2 aromatic rings. The molecule has 5 nitrogen and oxygen atoms in total. The van der Waals surface area contributed by atoms with Gasteiger partial charge in [-0.2, -0.15) is 0 Å². The highest BCUT2D eigenvalue weighted by atomic mass is 35.5. The van der Waals surface area contributed by atoms with Gasteiger partial charge in [0.1, 0.15) is 5.75 Å². The summed E-state index contributed by atoms with van der Waals surface area (Å²) in [6, 6.07) is 13.9. The minimum atomic E-state index is -0.700. The third-order valence-corrected chi connectivity index (χ3v) is 4.39. The maximum Gasteiger partial charge on any atom is 0.265 e. The lowest BCUT2D eigenvalue weighted by Crippen LogP contribution is -2.35. The molecule has 0 aliphatic carbocycles. The summed E-state index contributed by atoms with van der Waals surface area (Å²) >= 11 is 5.96. The number of halogens is 1. The molecule has 0 spiro atoms. The molecule has 2 rings (SSSR count). The van der Waals surface area contributed by atoms with Crippen molar-refractivity contribution in [3.05, 3.63) is 59.1 Å². The topological polar surface area (TPSA) is 67.4 Å². The van der Waals surface area contributed by atoms with Crippen LogP contribution in [0.1, 0.15) is 44.0 Å². The van der Waals surface area contributed by atoms with Crippen LogP contribution in [0.2, 0.25) is 5.02 Å². The Kier molecular flexibility index (Phi) is 7.67. The van der Waals surface area contributed by atoms with Crippen molar-refractivity contribution in [1.29, 1.82) is 0 Å². The lowest BCUT2D eigenvalue weighted by atomic mass is 10.1. The van der Waals surface area contributed by atoms with Crippen molar-refractivity contribution < 1.29 is 14.3 Å². The second-order valence-electron chi connectivity index (χ2n) is 6.29. The summed E-state index contributed by atoms with van der Waals surface area (Å²) in [4.78, 5) is 25.2. The van der Waals surface area contributed by atoms with Gasteiger partial charge in [0, 0.05) is 11.1 Å². The molecule has 2 N–H and O–H groups in total. The van der Waals surface area contributed by atoms with Crippen LogP contribution < -0.4 is 15.4 Å². The van der Waals surface area contributed by atoms with Crippen molar-refractivity contribution in [2.45, 2.75) is 45.8 Å². The average Bonchev–Trinajstić information content (AvgIpc) is 2.66. The van der Waals surface area contributed by atoms with E-state index in [1.165, 1.54) is 0 Å². The van der Waals surface area contributed by atoms with Crippen LogP contribution in [0.25, 0.3) is 0 Å². The van der Waals surface area contributed by atoms with Crippen molar-refractivity contribution in [2.24, 2.45) is 0 Å². The maximum absolute atomic E-state index is 12.7. The Morgan fingerprint density at radius 1 is 1.07 bits per heavy atom. The Morgan fingerprint density at radius 2 is 1.81 bits per heavy atom. The average molecular weight is 389 g/mol. The van der Waals surface area contributed by atoms with E-state index in [-0.39, 0.29) is 17.9 Å². The molecule has 2 aromatic carbocycles. The molecule has 27 heavy (non-hydrogen) atoms. The molecule has 0 aliphatic rings. The molecule has 0 aromatic heterocycles. The first kappa shape index (κ1) is 20.8. The highest BCUT2D eigenvalue weighted by Crippen LogP contribution is 2.21. The van der Waals surface area contributed by atoms with Crippen LogP contribution in [0.5, 0.6) is 5.75 Å². The number of hydrogen-bond acceptors (Lipinski definition) is 3. The molecule has 6 heteroatoms. The Labute approximate surface area is 165 Å². The predicted octanol–water partition coefficient (Wildman–Crippen LogP) is 4.66. The molecule has 0 saturated carbocycles. The second-order valence-corrected chi connectivity index (χ2v) is 6.73. The zero-order chi connectivity index (χ0) is 19.8. The largest absolute Gasteiger partial charge is 0.481 e. The Balaban J connectivity index is 2.13. The van der Waals surface area contributed by atoms with E-state index in [0.29, 0.717) is 28.4 Å². The minimum absolute atomic E-state index is 0.0517. The van der Waals surface area contributed by atoms with Crippen LogP contribution in [-0.4, -0.2) is 24.0 Å². The fourth-order valence-electron chi connectivity index (χ4n) is 2.43. The molecule has 2 atom stereocenters. The molecule has 0 heterocycles. The summed E-state index contributed by atoms with van der Waals surface area (Å²) < 4.78 is 5.76. The first-order chi connectivity index (χ1) is 12.9. The van der Waals surface area contributed by atoms with Gasteiger partial charge < -0.3 is 15.4 Å². The van der Waals surface area contributed by atoms with E-state index in [4.69, 9.17) is 16.3 Å². The van der Waals surface area contributed by atoms with Crippen LogP contribution in [0.15, 0.2) is 48.5 Å². The molecule has 0 unspecified atom stereocenters. The van der Waals surface area contributed by atoms with Crippen LogP contribution >= 0.6 is 11.6 Å². The maximum atomic E-state index is 12.7. The van der Waals surface area contributed by atoms with Crippen LogP contribution in [-0.2, 0) is 4.79 Å². The van der Waals surface area contributed by atoms with Gasteiger partial charge in [-0.1, -0.05) is 43.6 Å². The monoisotopic (exact) mass is 388 g/mol. The Bertz CT molecular complexity index is 795. The molecule has 0 saturated heterocycles. The molecule has 2 amide bonds. The lowest BCUT2D eigenvalue weighted by molar-refractivity contribution is -0.122. The number of para-hydroxylation sites is 1. The van der Waals surface area contributed by atoms with Gasteiger partial charge in [0.05, 0.1) is 11.3 Å². The molecule has 144 valence electrons. The molecule has 0 radical (unpaired) electrons. The van der Waals surface area contributed by atoms with E-state index in [0.717, 1.165) is 6.42 Å². The summed E-state index contributed by atoms with van der Waals surface area (Å²) in [5, 5.41) is 6.26. The first-order valence-corrected chi connectivity index (χ1v) is 9.45.